The zero-order valence-corrected chi connectivity index (χ0v) is 30.8. The molecule has 3 aliphatic rings. The predicted molar refractivity (Wildman–Crippen MR) is 203 cm³/mol. The Bertz CT molecular complexity index is 2430. The van der Waals surface area contributed by atoms with Gasteiger partial charge in [0.05, 0.1) is 30.4 Å². The Hall–Kier alpha value is -5.69. The van der Waals surface area contributed by atoms with Crippen LogP contribution < -0.4 is 19.5 Å². The molecule has 5 aromatic rings. The van der Waals surface area contributed by atoms with Crippen molar-refractivity contribution in [1.29, 1.82) is 0 Å². The molecule has 12 nitrogen and oxygen atoms in total. The van der Waals surface area contributed by atoms with E-state index in [2.05, 4.69) is 10.0 Å². The number of methoxy groups -OCH3 is 1. The van der Waals surface area contributed by atoms with E-state index >= 15 is 0 Å². The minimum Gasteiger partial charge on any atom is -0.497 e. The van der Waals surface area contributed by atoms with Crippen molar-refractivity contribution in [1.82, 2.24) is 24.5 Å². The molecule has 1 saturated heterocycles. The summed E-state index contributed by atoms with van der Waals surface area (Å²) in [4.78, 5) is 47.6. The molecule has 4 atom stereocenters. The van der Waals surface area contributed by atoms with E-state index in [1.165, 1.54) is 17.9 Å². The van der Waals surface area contributed by atoms with Crippen molar-refractivity contribution in [3.8, 4) is 22.8 Å². The lowest BCUT2D eigenvalue weighted by molar-refractivity contribution is -0.138. The van der Waals surface area contributed by atoms with E-state index in [0.717, 1.165) is 35.6 Å². The maximum atomic E-state index is 14.2. The van der Waals surface area contributed by atoms with E-state index in [1.54, 1.807) is 13.2 Å². The van der Waals surface area contributed by atoms with Gasteiger partial charge in [0.1, 0.15) is 34.1 Å². The smallest absolute Gasteiger partial charge is 0.266 e. The number of aromatic nitrogens is 2. The molecule has 54 heavy (non-hydrogen) atoms. The van der Waals surface area contributed by atoms with Crippen molar-refractivity contribution in [3.05, 3.63) is 97.2 Å². The van der Waals surface area contributed by atoms with Crippen molar-refractivity contribution in [2.24, 2.45) is 5.92 Å². The lowest BCUT2D eigenvalue weighted by Gasteiger charge is -2.25. The number of sulfonamides is 1. The van der Waals surface area contributed by atoms with E-state index < -0.39 is 45.4 Å². The molecule has 4 heterocycles. The molecule has 278 valence electrons. The SMILES string of the molecule is COc1ccc2c(O[C@@H]3C[C@@H](C(=O)N[C@]45C[C@H]4C=CCCCCn4ccc6cccc(c64)S(=O)(=O)NC5=O)N(C(C)=O)C3)cc(-c3ccccc3)nc2c1. The number of hydrogen-bond acceptors (Lipinski definition) is 8. The van der Waals surface area contributed by atoms with Gasteiger partial charge in [-0.2, -0.15) is 0 Å². The first-order chi connectivity index (χ1) is 26.1. The van der Waals surface area contributed by atoms with Crippen LogP contribution in [-0.2, 0) is 31.0 Å². The van der Waals surface area contributed by atoms with Crippen molar-refractivity contribution in [2.45, 2.75) is 68.2 Å². The molecule has 1 saturated carbocycles. The number of benzene rings is 3. The lowest BCUT2D eigenvalue weighted by atomic mass is 10.1. The Kier molecular flexibility index (Phi) is 9.13. The van der Waals surface area contributed by atoms with Gasteiger partial charge in [-0.25, -0.2) is 18.1 Å². The van der Waals surface area contributed by atoms with Gasteiger partial charge in [-0.3, -0.25) is 14.4 Å². The standard InChI is InChI=1S/C41H41N5O7S/c1-26(47)46-25-31(53-36-23-33(27-11-6-5-7-12-27)42-34-21-30(52-2)16-17-32(34)36)22-35(46)39(48)43-41-24-29(41)14-8-3-4-9-19-45-20-18-28-13-10-15-37(38(28)45)54(50,51)44-40(41)49/h5-8,10-18,20-21,23,29,31,35H,3-4,9,19,22,24-25H2,1-2H3,(H,43,48)(H,44,49)/t29-,31-,35+,41-/m1/s1. The van der Waals surface area contributed by atoms with Gasteiger partial charge in [0.15, 0.2) is 0 Å². The van der Waals surface area contributed by atoms with Crippen LogP contribution in [0.15, 0.2) is 102 Å². The normalized spacial score (nSPS) is 23.6. The van der Waals surface area contributed by atoms with Crippen LogP contribution in [0.3, 0.4) is 0 Å². The number of fused-ring (bicyclic) bond motifs is 2. The molecule has 0 spiro atoms. The van der Waals surface area contributed by atoms with Gasteiger partial charge in [-0.15, -0.1) is 0 Å². The Morgan fingerprint density at radius 3 is 2.65 bits per heavy atom. The zero-order chi connectivity index (χ0) is 37.6. The summed E-state index contributed by atoms with van der Waals surface area (Å²) in [5.74, 6) is -0.931. The molecule has 2 fully saturated rings. The molecule has 0 radical (unpaired) electrons. The number of hydrogen-bond donors (Lipinski definition) is 2. The van der Waals surface area contributed by atoms with Crippen LogP contribution in [0.5, 0.6) is 11.5 Å². The van der Waals surface area contributed by atoms with Gasteiger partial charge >= 0.3 is 0 Å². The molecule has 8 rings (SSSR count). The topological polar surface area (TPSA) is 149 Å². The molecule has 2 N–H and O–H groups in total. The number of rotatable bonds is 6. The molecular formula is C41H41N5O7S. The molecule has 13 heteroatoms. The molecule has 2 aromatic heterocycles. The number of pyridine rings is 1. The first kappa shape index (κ1) is 35.3. The fraction of sp³-hybridized carbons (Fsp3) is 0.317. The third kappa shape index (κ3) is 6.57. The summed E-state index contributed by atoms with van der Waals surface area (Å²) < 4.78 is 44.0. The number of amides is 3. The molecule has 1 aliphatic carbocycles. The van der Waals surface area contributed by atoms with E-state index in [1.807, 2.05) is 89.6 Å². The highest BCUT2D eigenvalue weighted by Gasteiger charge is 2.61. The Labute approximate surface area is 313 Å². The molecule has 0 bridgehead atoms. The number of nitrogens with zero attached hydrogens (tertiary/aromatic N) is 3. The highest BCUT2D eigenvalue weighted by Crippen LogP contribution is 2.46. The number of carbonyl (C=O) groups is 3. The number of ether oxygens (including phenoxy) is 2. The number of carbonyl (C=O) groups excluding carboxylic acids is 3. The summed E-state index contributed by atoms with van der Waals surface area (Å²) in [5.41, 5.74) is 1.26. The minimum atomic E-state index is -4.32. The van der Waals surface area contributed by atoms with Crippen molar-refractivity contribution in [2.75, 3.05) is 13.7 Å². The van der Waals surface area contributed by atoms with E-state index in [0.29, 0.717) is 34.8 Å². The molecule has 2 aliphatic heterocycles. The van der Waals surface area contributed by atoms with Crippen LogP contribution in [0, 0.1) is 5.92 Å². The van der Waals surface area contributed by atoms with Crippen molar-refractivity contribution < 1.29 is 32.3 Å². The first-order valence-corrected chi connectivity index (χ1v) is 19.7. The van der Waals surface area contributed by atoms with Gasteiger partial charge < -0.3 is 24.3 Å². The summed E-state index contributed by atoms with van der Waals surface area (Å²) in [7, 11) is -2.73. The molecule has 3 aromatic carbocycles. The van der Waals surface area contributed by atoms with Gasteiger partial charge in [0.25, 0.3) is 15.9 Å². The maximum Gasteiger partial charge on any atom is 0.266 e. The quantitative estimate of drug-likeness (QED) is 0.221. The number of allylic oxidation sites excluding steroid dienone is 1. The van der Waals surface area contributed by atoms with Gasteiger partial charge in [0, 0.05) is 60.5 Å². The van der Waals surface area contributed by atoms with Crippen LogP contribution >= 0.6 is 0 Å². The molecule has 0 unspecified atom stereocenters. The summed E-state index contributed by atoms with van der Waals surface area (Å²) >= 11 is 0. The highest BCUT2D eigenvalue weighted by molar-refractivity contribution is 7.90. The number of likely N-dealkylation sites (tertiary alicyclic amines) is 1. The maximum absolute atomic E-state index is 14.2. The highest BCUT2D eigenvalue weighted by atomic mass is 32.2. The van der Waals surface area contributed by atoms with Crippen molar-refractivity contribution >= 4 is 49.6 Å². The second-order valence-corrected chi connectivity index (χ2v) is 15.9. The summed E-state index contributed by atoms with van der Waals surface area (Å²) in [6.45, 7) is 2.16. The number of aryl methyl sites for hydroxylation is 1. The fourth-order valence-electron chi connectivity index (χ4n) is 7.80. The number of nitrogens with one attached hydrogen (secondary N) is 2. The third-order valence-corrected chi connectivity index (χ3v) is 12.1. The van der Waals surface area contributed by atoms with Crippen molar-refractivity contribution in [3.63, 3.8) is 0 Å². The van der Waals surface area contributed by atoms with Crippen LogP contribution in [0.2, 0.25) is 0 Å². The predicted octanol–water partition coefficient (Wildman–Crippen LogP) is 5.35. The molecular weight excluding hydrogens is 707 g/mol. The summed E-state index contributed by atoms with van der Waals surface area (Å²) in [6.07, 6.45) is 8.03. The average Bonchev–Trinajstić information content (AvgIpc) is 3.46. The first-order valence-electron chi connectivity index (χ1n) is 18.2. The zero-order valence-electron chi connectivity index (χ0n) is 30.0. The van der Waals surface area contributed by atoms with Crippen LogP contribution in [0.4, 0.5) is 0 Å². The van der Waals surface area contributed by atoms with E-state index in [4.69, 9.17) is 14.5 Å². The Morgan fingerprint density at radius 2 is 1.85 bits per heavy atom. The largest absolute Gasteiger partial charge is 0.497 e. The minimum absolute atomic E-state index is 0.000618. The van der Waals surface area contributed by atoms with Crippen LogP contribution in [0.25, 0.3) is 33.1 Å². The third-order valence-electron chi connectivity index (χ3n) is 10.7. The van der Waals surface area contributed by atoms with Crippen LogP contribution in [-0.4, -0.2) is 71.9 Å². The summed E-state index contributed by atoms with van der Waals surface area (Å²) in [6, 6.07) is 23.0. The molecule has 3 amide bonds. The van der Waals surface area contributed by atoms with Gasteiger partial charge in [-0.05, 0) is 49.9 Å². The van der Waals surface area contributed by atoms with Gasteiger partial charge in [-0.1, -0.05) is 54.6 Å². The number of para-hydroxylation sites is 1. The van der Waals surface area contributed by atoms with Gasteiger partial charge in [0.2, 0.25) is 11.8 Å². The fourth-order valence-corrected chi connectivity index (χ4v) is 9.09. The Balaban J connectivity index is 1.07. The Morgan fingerprint density at radius 1 is 1.02 bits per heavy atom. The van der Waals surface area contributed by atoms with E-state index in [-0.39, 0.29) is 30.2 Å². The second kappa shape index (κ2) is 13.9. The monoisotopic (exact) mass is 747 g/mol. The summed E-state index contributed by atoms with van der Waals surface area (Å²) in [5, 5.41) is 4.41. The lowest BCUT2D eigenvalue weighted by Crippen LogP contribution is -2.56. The second-order valence-electron chi connectivity index (χ2n) is 14.3. The van der Waals surface area contributed by atoms with E-state index in [9.17, 15) is 22.8 Å². The van der Waals surface area contributed by atoms with Crippen LogP contribution in [0.1, 0.15) is 39.0 Å². The average molecular weight is 748 g/mol.